The smallest absolute Gasteiger partial charge is 0.416 e. The Bertz CT molecular complexity index is 813. The molecule has 0 saturated heterocycles. The van der Waals surface area contributed by atoms with E-state index in [1.807, 2.05) is 0 Å². The fourth-order valence-corrected chi connectivity index (χ4v) is 3.64. The average Bonchev–Trinajstić information content (AvgIpc) is 3.02. The van der Waals surface area contributed by atoms with Gasteiger partial charge in [0, 0.05) is 11.3 Å². The van der Waals surface area contributed by atoms with E-state index in [4.69, 9.17) is 10.5 Å². The number of rotatable bonds is 5. The lowest BCUT2D eigenvalue weighted by Crippen LogP contribution is -2.17. The fourth-order valence-electron chi connectivity index (χ4n) is 3.64. The highest BCUT2D eigenvalue weighted by Gasteiger charge is 2.33. The number of fused-ring (bicyclic) bond motifs is 1. The Balaban J connectivity index is 2.08. The van der Waals surface area contributed by atoms with Crippen LogP contribution in [0.5, 0.6) is 0 Å². The van der Waals surface area contributed by atoms with Crippen LogP contribution < -0.4 is 5.73 Å². The summed E-state index contributed by atoms with van der Waals surface area (Å²) < 4.78 is 45.2. The van der Waals surface area contributed by atoms with Crippen LogP contribution in [0, 0.1) is 0 Å². The SMILES string of the molecule is CCOC(=O)c1nn(-c2ccc(C(F)(F)F)cc2)c2c1C(CCN)CCC2. The third-order valence-electron chi connectivity index (χ3n) is 4.82. The van der Waals surface area contributed by atoms with Crippen molar-refractivity contribution >= 4 is 5.97 Å². The first-order valence-corrected chi connectivity index (χ1v) is 9.03. The van der Waals surface area contributed by atoms with Gasteiger partial charge in [0.1, 0.15) is 0 Å². The topological polar surface area (TPSA) is 70.1 Å². The third-order valence-corrected chi connectivity index (χ3v) is 4.82. The van der Waals surface area contributed by atoms with E-state index in [-0.39, 0.29) is 18.2 Å². The maximum Gasteiger partial charge on any atom is 0.416 e. The van der Waals surface area contributed by atoms with Crippen LogP contribution in [-0.4, -0.2) is 28.9 Å². The highest BCUT2D eigenvalue weighted by atomic mass is 19.4. The molecule has 1 aliphatic rings. The first-order valence-electron chi connectivity index (χ1n) is 9.03. The lowest BCUT2D eigenvalue weighted by molar-refractivity contribution is -0.137. The van der Waals surface area contributed by atoms with Gasteiger partial charge >= 0.3 is 12.1 Å². The molecule has 0 fully saturated rings. The molecule has 2 N–H and O–H groups in total. The van der Waals surface area contributed by atoms with E-state index in [9.17, 15) is 18.0 Å². The maximum atomic E-state index is 12.8. The van der Waals surface area contributed by atoms with Gasteiger partial charge in [-0.05, 0) is 69.3 Å². The Kier molecular flexibility index (Phi) is 5.55. The van der Waals surface area contributed by atoms with Crippen LogP contribution in [0.1, 0.15) is 59.4 Å². The molecule has 3 rings (SSSR count). The molecule has 0 saturated carbocycles. The summed E-state index contributed by atoms with van der Waals surface area (Å²) in [5.41, 5.74) is 7.41. The summed E-state index contributed by atoms with van der Waals surface area (Å²) in [4.78, 5) is 12.4. The fraction of sp³-hybridized carbons (Fsp3) is 0.474. The van der Waals surface area contributed by atoms with Crippen molar-refractivity contribution < 1.29 is 22.7 Å². The second-order valence-corrected chi connectivity index (χ2v) is 6.55. The molecule has 27 heavy (non-hydrogen) atoms. The minimum atomic E-state index is -4.40. The Morgan fingerprint density at radius 2 is 2.04 bits per heavy atom. The number of ether oxygens (including phenoxy) is 1. The van der Waals surface area contributed by atoms with E-state index in [1.54, 1.807) is 11.6 Å². The van der Waals surface area contributed by atoms with Crippen LogP contribution in [0.4, 0.5) is 13.2 Å². The van der Waals surface area contributed by atoms with Crippen molar-refractivity contribution in [1.82, 2.24) is 9.78 Å². The van der Waals surface area contributed by atoms with Gasteiger partial charge < -0.3 is 10.5 Å². The Hall–Kier alpha value is -2.35. The molecule has 0 amide bonds. The Morgan fingerprint density at radius 3 is 2.63 bits per heavy atom. The Morgan fingerprint density at radius 1 is 1.33 bits per heavy atom. The van der Waals surface area contributed by atoms with Crippen LogP contribution in [-0.2, 0) is 17.3 Å². The second-order valence-electron chi connectivity index (χ2n) is 6.55. The van der Waals surface area contributed by atoms with E-state index in [1.165, 1.54) is 12.1 Å². The number of carbonyl (C=O) groups is 1. The van der Waals surface area contributed by atoms with Crippen molar-refractivity contribution in [3.05, 3.63) is 46.8 Å². The molecular weight excluding hydrogens is 359 g/mol. The summed E-state index contributed by atoms with van der Waals surface area (Å²) >= 11 is 0. The number of hydrogen-bond acceptors (Lipinski definition) is 4. The molecule has 0 aliphatic heterocycles. The number of halogens is 3. The van der Waals surface area contributed by atoms with E-state index >= 15 is 0 Å². The zero-order valence-corrected chi connectivity index (χ0v) is 15.1. The van der Waals surface area contributed by atoms with Crippen molar-refractivity contribution in [1.29, 1.82) is 0 Å². The van der Waals surface area contributed by atoms with Gasteiger partial charge in [-0.25, -0.2) is 9.48 Å². The molecule has 1 aliphatic carbocycles. The normalized spacial score (nSPS) is 16.9. The van der Waals surface area contributed by atoms with E-state index in [0.29, 0.717) is 18.7 Å². The van der Waals surface area contributed by atoms with Gasteiger partial charge in [-0.15, -0.1) is 0 Å². The number of esters is 1. The number of hydrogen-bond donors (Lipinski definition) is 1. The molecule has 1 heterocycles. The number of nitrogens with two attached hydrogens (primary N) is 1. The molecule has 146 valence electrons. The molecule has 0 bridgehead atoms. The predicted octanol–water partition coefficient (Wildman–Crippen LogP) is 3.84. The van der Waals surface area contributed by atoms with Crippen LogP contribution in [0.25, 0.3) is 5.69 Å². The number of carbonyl (C=O) groups excluding carboxylic acids is 1. The maximum absolute atomic E-state index is 12.8. The summed E-state index contributed by atoms with van der Waals surface area (Å²) in [7, 11) is 0. The molecule has 1 aromatic carbocycles. The number of aromatic nitrogens is 2. The molecule has 2 aromatic rings. The van der Waals surface area contributed by atoms with Crippen LogP contribution >= 0.6 is 0 Å². The van der Waals surface area contributed by atoms with Crippen molar-refractivity contribution in [3.63, 3.8) is 0 Å². The second kappa shape index (κ2) is 7.72. The molecule has 0 radical (unpaired) electrons. The van der Waals surface area contributed by atoms with Gasteiger partial charge in [-0.2, -0.15) is 18.3 Å². The minimum Gasteiger partial charge on any atom is -0.461 e. The summed E-state index contributed by atoms with van der Waals surface area (Å²) in [6, 6.07) is 4.79. The van der Waals surface area contributed by atoms with E-state index < -0.39 is 17.7 Å². The van der Waals surface area contributed by atoms with Gasteiger partial charge in [-0.3, -0.25) is 0 Å². The number of nitrogens with zero attached hydrogens (tertiary/aromatic N) is 2. The molecule has 5 nitrogen and oxygen atoms in total. The van der Waals surface area contributed by atoms with Gasteiger partial charge in [0.25, 0.3) is 0 Å². The van der Waals surface area contributed by atoms with Crippen molar-refractivity contribution in [3.8, 4) is 5.69 Å². The van der Waals surface area contributed by atoms with Crippen molar-refractivity contribution in [2.75, 3.05) is 13.2 Å². The van der Waals surface area contributed by atoms with Gasteiger partial charge in [0.2, 0.25) is 0 Å². The van der Waals surface area contributed by atoms with Gasteiger partial charge in [0.05, 0.1) is 17.9 Å². The van der Waals surface area contributed by atoms with E-state index in [2.05, 4.69) is 5.10 Å². The molecule has 1 atom stereocenters. The summed E-state index contributed by atoms with van der Waals surface area (Å²) in [6.07, 6.45) is -1.17. The molecule has 8 heteroatoms. The molecule has 1 aromatic heterocycles. The number of benzene rings is 1. The quantitative estimate of drug-likeness (QED) is 0.799. The number of alkyl halides is 3. The lowest BCUT2D eigenvalue weighted by Gasteiger charge is -2.23. The van der Waals surface area contributed by atoms with Crippen LogP contribution in [0.2, 0.25) is 0 Å². The zero-order valence-electron chi connectivity index (χ0n) is 15.1. The average molecular weight is 381 g/mol. The van der Waals surface area contributed by atoms with E-state index in [0.717, 1.165) is 42.7 Å². The standard InChI is InChI=1S/C19H22F3N3O2/c1-2-27-18(26)17-16-12(10-11-23)4-3-5-15(16)25(24-17)14-8-6-13(7-9-14)19(20,21)22/h6-9,12H,2-5,10-11,23H2,1H3. The van der Waals surface area contributed by atoms with Crippen LogP contribution in [0.15, 0.2) is 24.3 Å². The highest BCUT2D eigenvalue weighted by Crippen LogP contribution is 2.38. The van der Waals surface area contributed by atoms with Crippen molar-refractivity contribution in [2.45, 2.75) is 44.7 Å². The molecule has 0 spiro atoms. The van der Waals surface area contributed by atoms with Crippen molar-refractivity contribution in [2.24, 2.45) is 5.73 Å². The minimum absolute atomic E-state index is 0.0985. The van der Waals surface area contributed by atoms with Crippen LogP contribution in [0.3, 0.4) is 0 Å². The molecule has 1 unspecified atom stereocenters. The Labute approximate surface area is 155 Å². The first-order chi connectivity index (χ1) is 12.9. The first kappa shape index (κ1) is 19.4. The summed E-state index contributed by atoms with van der Waals surface area (Å²) in [6.45, 7) is 2.43. The zero-order chi connectivity index (χ0) is 19.6. The highest BCUT2D eigenvalue weighted by molar-refractivity contribution is 5.89. The summed E-state index contributed by atoms with van der Waals surface area (Å²) in [5, 5.41) is 4.43. The van der Waals surface area contributed by atoms with Gasteiger partial charge in [0.15, 0.2) is 5.69 Å². The lowest BCUT2D eigenvalue weighted by atomic mass is 9.83. The molecular formula is C19H22F3N3O2. The monoisotopic (exact) mass is 381 g/mol. The third kappa shape index (κ3) is 3.85. The largest absolute Gasteiger partial charge is 0.461 e. The van der Waals surface area contributed by atoms with Gasteiger partial charge in [-0.1, -0.05) is 0 Å². The predicted molar refractivity (Wildman–Crippen MR) is 93.9 cm³/mol. The summed E-state index contributed by atoms with van der Waals surface area (Å²) in [5.74, 6) is -0.412.